The van der Waals surface area contributed by atoms with E-state index in [0.29, 0.717) is 0 Å². The molecule has 0 aromatic carbocycles. The topological polar surface area (TPSA) is 34.5 Å². The van der Waals surface area contributed by atoms with Gasteiger partial charge in [-0.3, -0.25) is 0 Å². The molecule has 0 fully saturated rings. The Hall–Kier alpha value is -0.900. The number of hydrogen-bond donors (Lipinski definition) is 0. The first-order chi connectivity index (χ1) is 4.43. The van der Waals surface area contributed by atoms with Crippen LogP contribution in [0.15, 0.2) is 16.6 Å². The lowest BCUT2D eigenvalue weighted by Gasteiger charge is -1.81. The van der Waals surface area contributed by atoms with Crippen LogP contribution in [-0.2, 0) is 4.74 Å². The van der Waals surface area contributed by atoms with Crippen molar-refractivity contribution in [2.24, 2.45) is 4.99 Å². The van der Waals surface area contributed by atoms with Crippen molar-refractivity contribution in [3.63, 3.8) is 0 Å². The maximum absolute atomic E-state index is 4.59. The number of thiazole rings is 1. The van der Waals surface area contributed by atoms with Gasteiger partial charge in [-0.05, 0) is 0 Å². The second-order valence-electron chi connectivity index (χ2n) is 1.28. The molecule has 0 saturated carbocycles. The molecule has 1 aromatic heterocycles. The predicted molar refractivity (Wildman–Crippen MR) is 37.3 cm³/mol. The van der Waals surface area contributed by atoms with Crippen LogP contribution in [-0.4, -0.2) is 18.5 Å². The molecule has 0 saturated heterocycles. The van der Waals surface area contributed by atoms with Crippen LogP contribution in [0.4, 0.5) is 5.13 Å². The standard InChI is InChI=1S/C5H6N2OS/c1-8-4-7-5-6-2-3-9-5/h2-4H,1H3. The van der Waals surface area contributed by atoms with Gasteiger partial charge in [0, 0.05) is 11.6 Å². The van der Waals surface area contributed by atoms with Gasteiger partial charge in [0.1, 0.15) is 0 Å². The summed E-state index contributed by atoms with van der Waals surface area (Å²) in [6.07, 6.45) is 3.06. The lowest BCUT2D eigenvalue weighted by molar-refractivity contribution is 0.423. The Balaban J connectivity index is 2.57. The molecule has 9 heavy (non-hydrogen) atoms. The summed E-state index contributed by atoms with van der Waals surface area (Å²) in [5.41, 5.74) is 0. The maximum Gasteiger partial charge on any atom is 0.211 e. The number of methoxy groups -OCH3 is 1. The SMILES string of the molecule is COC=Nc1nccs1. The van der Waals surface area contributed by atoms with E-state index in [0.717, 1.165) is 5.13 Å². The van der Waals surface area contributed by atoms with E-state index in [2.05, 4.69) is 14.7 Å². The average Bonchev–Trinajstić information content (AvgIpc) is 2.34. The Labute approximate surface area is 57.0 Å². The normalized spacial score (nSPS) is 10.3. The fourth-order valence-electron chi connectivity index (χ4n) is 0.377. The lowest BCUT2D eigenvalue weighted by Crippen LogP contribution is -1.72. The molecule has 0 N–H and O–H groups in total. The fourth-order valence-corrected chi connectivity index (χ4v) is 0.847. The molecular formula is C5H6N2OS. The van der Waals surface area contributed by atoms with Crippen molar-refractivity contribution in [3.05, 3.63) is 11.6 Å². The molecule has 4 heteroatoms. The molecule has 0 bridgehead atoms. The highest BCUT2D eigenvalue weighted by molar-refractivity contribution is 7.13. The highest BCUT2D eigenvalue weighted by Crippen LogP contribution is 2.12. The first-order valence-electron chi connectivity index (χ1n) is 2.38. The number of nitrogens with zero attached hydrogens (tertiary/aromatic N) is 2. The summed E-state index contributed by atoms with van der Waals surface area (Å²) >= 11 is 1.47. The molecule has 1 aromatic rings. The van der Waals surface area contributed by atoms with Crippen LogP contribution in [0.5, 0.6) is 0 Å². The molecule has 0 aliphatic carbocycles. The van der Waals surface area contributed by atoms with E-state index in [1.807, 2.05) is 5.38 Å². The van der Waals surface area contributed by atoms with E-state index in [4.69, 9.17) is 0 Å². The Morgan fingerprint density at radius 3 is 3.33 bits per heavy atom. The van der Waals surface area contributed by atoms with Gasteiger partial charge in [0.05, 0.1) is 7.11 Å². The van der Waals surface area contributed by atoms with E-state index >= 15 is 0 Å². The number of rotatable bonds is 2. The molecule has 1 heterocycles. The van der Waals surface area contributed by atoms with Crippen LogP contribution in [0.3, 0.4) is 0 Å². The fraction of sp³-hybridized carbons (Fsp3) is 0.200. The van der Waals surface area contributed by atoms with E-state index in [1.54, 1.807) is 13.3 Å². The molecule has 0 radical (unpaired) electrons. The summed E-state index contributed by atoms with van der Waals surface area (Å²) in [5.74, 6) is 0. The van der Waals surface area contributed by atoms with Crippen molar-refractivity contribution >= 4 is 22.9 Å². The van der Waals surface area contributed by atoms with E-state index < -0.39 is 0 Å². The van der Waals surface area contributed by atoms with Crippen molar-refractivity contribution < 1.29 is 4.74 Å². The number of aliphatic imine (C=N–C) groups is 1. The Bertz CT molecular complexity index is 183. The predicted octanol–water partition coefficient (Wildman–Crippen LogP) is 1.45. The minimum atomic E-state index is 0.719. The van der Waals surface area contributed by atoms with Crippen molar-refractivity contribution in [3.8, 4) is 0 Å². The summed E-state index contributed by atoms with van der Waals surface area (Å²) < 4.78 is 4.59. The van der Waals surface area contributed by atoms with Gasteiger partial charge in [0.25, 0.3) is 0 Å². The highest BCUT2D eigenvalue weighted by Gasteiger charge is 1.85. The summed E-state index contributed by atoms with van der Waals surface area (Å²) in [6.45, 7) is 0. The van der Waals surface area contributed by atoms with Crippen LogP contribution in [0.2, 0.25) is 0 Å². The third kappa shape index (κ3) is 1.81. The van der Waals surface area contributed by atoms with Crippen molar-refractivity contribution in [2.75, 3.05) is 7.11 Å². The lowest BCUT2D eigenvalue weighted by atomic mass is 11.0. The first-order valence-corrected chi connectivity index (χ1v) is 3.26. The molecule has 0 atom stereocenters. The van der Waals surface area contributed by atoms with Crippen LogP contribution in [0, 0.1) is 0 Å². The molecule has 1 rings (SSSR count). The molecule has 0 spiro atoms. The van der Waals surface area contributed by atoms with Gasteiger partial charge in [-0.2, -0.15) is 4.99 Å². The molecule has 48 valence electrons. The third-order valence-electron chi connectivity index (χ3n) is 0.688. The van der Waals surface area contributed by atoms with Crippen LogP contribution in [0.1, 0.15) is 0 Å². The molecule has 0 aliphatic heterocycles. The summed E-state index contributed by atoms with van der Waals surface area (Å²) in [5, 5.41) is 2.58. The molecule has 0 unspecified atom stereocenters. The van der Waals surface area contributed by atoms with Crippen molar-refractivity contribution in [2.45, 2.75) is 0 Å². The Morgan fingerprint density at radius 1 is 1.89 bits per heavy atom. The quantitative estimate of drug-likeness (QED) is 0.462. The van der Waals surface area contributed by atoms with Crippen LogP contribution in [0.25, 0.3) is 0 Å². The summed E-state index contributed by atoms with van der Waals surface area (Å²) in [7, 11) is 1.55. The zero-order valence-electron chi connectivity index (χ0n) is 4.94. The number of aromatic nitrogens is 1. The van der Waals surface area contributed by atoms with E-state index in [1.165, 1.54) is 17.7 Å². The molecule has 3 nitrogen and oxygen atoms in total. The zero-order valence-corrected chi connectivity index (χ0v) is 5.76. The van der Waals surface area contributed by atoms with Gasteiger partial charge < -0.3 is 4.74 Å². The average molecular weight is 142 g/mol. The third-order valence-corrected chi connectivity index (χ3v) is 1.37. The molecular weight excluding hydrogens is 136 g/mol. The second-order valence-corrected chi connectivity index (χ2v) is 2.16. The maximum atomic E-state index is 4.59. The largest absolute Gasteiger partial charge is 0.486 e. The molecule has 0 aliphatic rings. The van der Waals surface area contributed by atoms with Gasteiger partial charge in [-0.1, -0.05) is 0 Å². The smallest absolute Gasteiger partial charge is 0.211 e. The van der Waals surface area contributed by atoms with Crippen LogP contribution >= 0.6 is 11.3 Å². The number of hydrogen-bond acceptors (Lipinski definition) is 4. The van der Waals surface area contributed by atoms with Gasteiger partial charge in [-0.25, -0.2) is 4.98 Å². The summed E-state index contributed by atoms with van der Waals surface area (Å²) in [6, 6.07) is 0. The van der Waals surface area contributed by atoms with Gasteiger partial charge in [0.2, 0.25) is 5.13 Å². The Morgan fingerprint density at radius 2 is 2.78 bits per heavy atom. The van der Waals surface area contributed by atoms with Gasteiger partial charge in [0.15, 0.2) is 6.40 Å². The van der Waals surface area contributed by atoms with Crippen LogP contribution < -0.4 is 0 Å². The van der Waals surface area contributed by atoms with E-state index in [-0.39, 0.29) is 0 Å². The monoisotopic (exact) mass is 142 g/mol. The minimum absolute atomic E-state index is 0.719. The first kappa shape index (κ1) is 6.22. The van der Waals surface area contributed by atoms with Gasteiger partial charge >= 0.3 is 0 Å². The van der Waals surface area contributed by atoms with Crippen molar-refractivity contribution in [1.82, 2.24) is 4.98 Å². The van der Waals surface area contributed by atoms with Gasteiger partial charge in [-0.15, -0.1) is 11.3 Å². The Kier molecular flexibility index (Phi) is 2.21. The van der Waals surface area contributed by atoms with E-state index in [9.17, 15) is 0 Å². The zero-order chi connectivity index (χ0) is 6.53. The summed E-state index contributed by atoms with van der Waals surface area (Å²) in [4.78, 5) is 7.74. The molecule has 0 amide bonds. The minimum Gasteiger partial charge on any atom is -0.486 e. The highest BCUT2D eigenvalue weighted by atomic mass is 32.1. The second kappa shape index (κ2) is 3.19. The number of ether oxygens (including phenoxy) is 1. The van der Waals surface area contributed by atoms with Crippen molar-refractivity contribution in [1.29, 1.82) is 0 Å².